The Morgan fingerprint density at radius 2 is 2.50 bits per heavy atom. The highest BCUT2D eigenvalue weighted by atomic mass is 35.5. The van der Waals surface area contributed by atoms with Crippen LogP contribution < -0.4 is 5.32 Å². The third-order valence-electron chi connectivity index (χ3n) is 1.49. The smallest absolute Gasteiger partial charge is 0.325 e. The van der Waals surface area contributed by atoms with Crippen LogP contribution in [-0.4, -0.2) is 38.4 Å². The van der Waals surface area contributed by atoms with Crippen molar-refractivity contribution < 1.29 is 14.3 Å². The first-order chi connectivity index (χ1) is 5.34. The van der Waals surface area contributed by atoms with Crippen molar-refractivity contribution in [1.82, 2.24) is 5.32 Å². The average Bonchev–Trinajstić information content (AvgIpc) is 2.07. The SMILES string of the molecule is CCOC(=O)[C@H]1COCCN1.Cl. The second-order valence-corrected chi connectivity index (χ2v) is 2.33. The van der Waals surface area contributed by atoms with Crippen molar-refractivity contribution >= 4 is 18.4 Å². The molecule has 0 aromatic rings. The zero-order valence-electron chi connectivity index (χ0n) is 7.04. The van der Waals surface area contributed by atoms with Gasteiger partial charge in [0.1, 0.15) is 6.04 Å². The Morgan fingerprint density at radius 1 is 1.75 bits per heavy atom. The van der Waals surface area contributed by atoms with E-state index in [9.17, 15) is 4.79 Å². The first kappa shape index (κ1) is 11.7. The first-order valence-electron chi connectivity index (χ1n) is 3.82. The van der Waals surface area contributed by atoms with E-state index in [0.717, 1.165) is 6.54 Å². The van der Waals surface area contributed by atoms with E-state index in [0.29, 0.717) is 19.8 Å². The molecule has 1 N–H and O–H groups in total. The topological polar surface area (TPSA) is 47.6 Å². The monoisotopic (exact) mass is 195 g/mol. The maximum atomic E-state index is 11.0. The molecule has 72 valence electrons. The van der Waals surface area contributed by atoms with Crippen LogP contribution in [0.1, 0.15) is 6.92 Å². The van der Waals surface area contributed by atoms with Crippen LogP contribution >= 0.6 is 12.4 Å². The summed E-state index contributed by atoms with van der Waals surface area (Å²) >= 11 is 0. The highest BCUT2D eigenvalue weighted by Crippen LogP contribution is 1.95. The Kier molecular flexibility index (Phi) is 6.06. The highest BCUT2D eigenvalue weighted by molar-refractivity contribution is 5.85. The van der Waals surface area contributed by atoms with E-state index in [1.54, 1.807) is 6.92 Å². The number of hydrogen-bond donors (Lipinski definition) is 1. The highest BCUT2D eigenvalue weighted by Gasteiger charge is 2.21. The largest absolute Gasteiger partial charge is 0.465 e. The summed E-state index contributed by atoms with van der Waals surface area (Å²) in [6.07, 6.45) is 0. The Morgan fingerprint density at radius 3 is 3.00 bits per heavy atom. The van der Waals surface area contributed by atoms with Crippen LogP contribution in [0.5, 0.6) is 0 Å². The van der Waals surface area contributed by atoms with E-state index in [1.807, 2.05) is 0 Å². The molecular weight excluding hydrogens is 182 g/mol. The van der Waals surface area contributed by atoms with Gasteiger partial charge in [-0.3, -0.25) is 4.79 Å². The number of rotatable bonds is 2. The van der Waals surface area contributed by atoms with Crippen molar-refractivity contribution in [3.63, 3.8) is 0 Å². The maximum Gasteiger partial charge on any atom is 0.325 e. The number of carbonyl (C=O) groups excluding carboxylic acids is 1. The first-order valence-corrected chi connectivity index (χ1v) is 3.82. The molecule has 1 fully saturated rings. The maximum absolute atomic E-state index is 11.0. The van der Waals surface area contributed by atoms with E-state index in [1.165, 1.54) is 0 Å². The van der Waals surface area contributed by atoms with Crippen LogP contribution in [0.4, 0.5) is 0 Å². The number of nitrogens with one attached hydrogen (secondary N) is 1. The van der Waals surface area contributed by atoms with Gasteiger partial charge >= 0.3 is 5.97 Å². The molecule has 12 heavy (non-hydrogen) atoms. The predicted molar refractivity (Wildman–Crippen MR) is 46.5 cm³/mol. The molecule has 0 saturated carbocycles. The molecule has 0 aromatic carbocycles. The Labute approximate surface area is 78.0 Å². The second kappa shape index (κ2) is 6.22. The Hall–Kier alpha value is -0.320. The number of carbonyl (C=O) groups is 1. The normalized spacial score (nSPS) is 22.6. The minimum absolute atomic E-state index is 0. The van der Waals surface area contributed by atoms with Gasteiger partial charge in [-0.15, -0.1) is 12.4 Å². The fourth-order valence-corrected chi connectivity index (χ4v) is 0.960. The lowest BCUT2D eigenvalue weighted by molar-refractivity contribution is -0.148. The van der Waals surface area contributed by atoms with Gasteiger partial charge in [0.15, 0.2) is 0 Å². The van der Waals surface area contributed by atoms with Crippen LogP contribution in [0.25, 0.3) is 0 Å². The lowest BCUT2D eigenvalue weighted by Crippen LogP contribution is -2.47. The molecule has 1 aliphatic heterocycles. The molecule has 0 bridgehead atoms. The molecule has 5 heteroatoms. The standard InChI is InChI=1S/C7H13NO3.ClH/c1-2-11-7(9)6-5-10-4-3-8-6;/h6,8H,2-5H2,1H3;1H/t6-;/m1./s1. The van der Waals surface area contributed by atoms with Crippen LogP contribution in [-0.2, 0) is 14.3 Å². The van der Waals surface area contributed by atoms with Crippen LogP contribution in [0.3, 0.4) is 0 Å². The number of ether oxygens (including phenoxy) is 2. The van der Waals surface area contributed by atoms with Gasteiger partial charge in [-0.25, -0.2) is 0 Å². The molecular formula is C7H14ClNO3. The molecule has 0 aliphatic carbocycles. The summed E-state index contributed by atoms with van der Waals surface area (Å²) in [5.74, 6) is -0.216. The zero-order chi connectivity index (χ0) is 8.10. The Bertz CT molecular complexity index is 137. The van der Waals surface area contributed by atoms with Crippen molar-refractivity contribution in [2.45, 2.75) is 13.0 Å². The van der Waals surface area contributed by atoms with Crippen molar-refractivity contribution in [1.29, 1.82) is 0 Å². The number of hydrogen-bond acceptors (Lipinski definition) is 4. The third kappa shape index (κ3) is 3.38. The van der Waals surface area contributed by atoms with Gasteiger partial charge in [0.2, 0.25) is 0 Å². The molecule has 1 heterocycles. The summed E-state index contributed by atoms with van der Waals surface area (Å²) in [7, 11) is 0. The summed E-state index contributed by atoms with van der Waals surface area (Å²) < 4.78 is 9.89. The van der Waals surface area contributed by atoms with Gasteiger partial charge in [0.25, 0.3) is 0 Å². The fraction of sp³-hybridized carbons (Fsp3) is 0.857. The van der Waals surface area contributed by atoms with Gasteiger partial charge in [-0.2, -0.15) is 0 Å². The lowest BCUT2D eigenvalue weighted by Gasteiger charge is -2.21. The van der Waals surface area contributed by atoms with Crippen molar-refractivity contribution in [2.24, 2.45) is 0 Å². The molecule has 1 atom stereocenters. The summed E-state index contributed by atoms with van der Waals surface area (Å²) in [5.41, 5.74) is 0. The quantitative estimate of drug-likeness (QED) is 0.629. The molecule has 0 spiro atoms. The van der Waals surface area contributed by atoms with E-state index < -0.39 is 0 Å². The van der Waals surface area contributed by atoms with Gasteiger partial charge in [0.05, 0.1) is 19.8 Å². The summed E-state index contributed by atoms with van der Waals surface area (Å²) in [6.45, 7) is 4.05. The number of morpholine rings is 1. The van der Waals surface area contributed by atoms with Crippen molar-refractivity contribution in [2.75, 3.05) is 26.4 Å². The summed E-state index contributed by atoms with van der Waals surface area (Å²) in [6, 6.07) is -0.260. The van der Waals surface area contributed by atoms with Crippen LogP contribution in [0.15, 0.2) is 0 Å². The number of esters is 1. The summed E-state index contributed by atoms with van der Waals surface area (Å²) in [4.78, 5) is 11.0. The molecule has 0 unspecified atom stereocenters. The summed E-state index contributed by atoms with van der Waals surface area (Å²) in [5, 5.41) is 3.00. The van der Waals surface area contributed by atoms with Crippen LogP contribution in [0.2, 0.25) is 0 Å². The van der Waals surface area contributed by atoms with Gasteiger partial charge < -0.3 is 14.8 Å². The molecule has 1 rings (SSSR count). The van der Waals surface area contributed by atoms with E-state index in [4.69, 9.17) is 9.47 Å². The minimum Gasteiger partial charge on any atom is -0.465 e. The number of halogens is 1. The Balaban J connectivity index is 0.00000121. The molecule has 1 saturated heterocycles. The van der Waals surface area contributed by atoms with Crippen LogP contribution in [0, 0.1) is 0 Å². The third-order valence-corrected chi connectivity index (χ3v) is 1.49. The zero-order valence-corrected chi connectivity index (χ0v) is 7.86. The van der Waals surface area contributed by atoms with Crippen molar-refractivity contribution in [3.05, 3.63) is 0 Å². The molecule has 1 aliphatic rings. The molecule has 0 amide bonds. The van der Waals surface area contributed by atoms with Gasteiger partial charge in [-0.1, -0.05) is 0 Å². The minimum atomic E-state index is -0.260. The molecule has 0 aromatic heterocycles. The van der Waals surface area contributed by atoms with E-state index >= 15 is 0 Å². The van der Waals surface area contributed by atoms with E-state index in [-0.39, 0.29) is 24.4 Å². The van der Waals surface area contributed by atoms with Gasteiger partial charge in [-0.05, 0) is 6.92 Å². The predicted octanol–water partition coefficient (Wildman–Crippen LogP) is -0.0403. The lowest BCUT2D eigenvalue weighted by atomic mass is 10.3. The molecule has 4 nitrogen and oxygen atoms in total. The second-order valence-electron chi connectivity index (χ2n) is 2.33. The average molecular weight is 196 g/mol. The molecule has 0 radical (unpaired) electrons. The van der Waals surface area contributed by atoms with Crippen molar-refractivity contribution in [3.8, 4) is 0 Å². The van der Waals surface area contributed by atoms with E-state index in [2.05, 4.69) is 5.32 Å². The fourth-order valence-electron chi connectivity index (χ4n) is 0.960. The van der Waals surface area contributed by atoms with Gasteiger partial charge in [0, 0.05) is 6.54 Å².